The lowest BCUT2D eigenvalue weighted by Crippen LogP contribution is -2.39. The first kappa shape index (κ1) is 17.6. The summed E-state index contributed by atoms with van der Waals surface area (Å²) in [6.07, 6.45) is 4.51. The quantitative estimate of drug-likeness (QED) is 0.929. The highest BCUT2D eigenvalue weighted by Gasteiger charge is 2.25. The lowest BCUT2D eigenvalue weighted by molar-refractivity contribution is -0.132. The highest BCUT2D eigenvalue weighted by Crippen LogP contribution is 2.28. The molecule has 1 aromatic rings. The molecule has 1 atom stereocenters. The van der Waals surface area contributed by atoms with Gasteiger partial charge in [0.2, 0.25) is 5.91 Å². The summed E-state index contributed by atoms with van der Waals surface area (Å²) < 4.78 is 0. The molecule has 0 radical (unpaired) electrons. The van der Waals surface area contributed by atoms with Crippen LogP contribution in [0.15, 0.2) is 11.6 Å². The van der Waals surface area contributed by atoms with E-state index >= 15 is 0 Å². The standard InChI is InChI=1S/C11H17N3OS.2ClH/c12-4-3-10(15)14-6-1-2-9(8-14)11-13-5-7-16-11;;/h5,7,9H,1-4,6,8,12H2;2*1H. The van der Waals surface area contributed by atoms with Gasteiger partial charge < -0.3 is 10.6 Å². The number of rotatable bonds is 3. The van der Waals surface area contributed by atoms with E-state index < -0.39 is 0 Å². The zero-order chi connectivity index (χ0) is 11.4. The molecule has 0 saturated carbocycles. The third kappa shape index (κ3) is 4.39. The topological polar surface area (TPSA) is 59.2 Å². The summed E-state index contributed by atoms with van der Waals surface area (Å²) in [5.41, 5.74) is 5.41. The molecule has 7 heteroatoms. The van der Waals surface area contributed by atoms with Crippen molar-refractivity contribution >= 4 is 42.1 Å². The van der Waals surface area contributed by atoms with Gasteiger partial charge in [-0.05, 0) is 12.8 Å². The van der Waals surface area contributed by atoms with E-state index in [4.69, 9.17) is 5.73 Å². The van der Waals surface area contributed by atoms with Crippen molar-refractivity contribution in [3.63, 3.8) is 0 Å². The Bertz CT molecular complexity index is 348. The average molecular weight is 312 g/mol. The SMILES string of the molecule is Cl.Cl.NCCC(=O)N1CCCC(c2nccs2)C1. The first-order chi connectivity index (χ1) is 7.81. The zero-order valence-corrected chi connectivity index (χ0v) is 12.5. The maximum Gasteiger partial charge on any atom is 0.223 e. The third-order valence-electron chi connectivity index (χ3n) is 2.93. The predicted octanol–water partition coefficient (Wildman–Crippen LogP) is 2.04. The largest absolute Gasteiger partial charge is 0.342 e. The third-order valence-corrected chi connectivity index (χ3v) is 3.87. The predicted molar refractivity (Wildman–Crippen MR) is 78.8 cm³/mol. The van der Waals surface area contributed by atoms with Crippen LogP contribution in [0.3, 0.4) is 0 Å². The molecule has 0 bridgehead atoms. The van der Waals surface area contributed by atoms with Gasteiger partial charge in [-0.2, -0.15) is 0 Å². The minimum atomic E-state index is 0. The molecule has 2 N–H and O–H groups in total. The number of carbonyl (C=O) groups is 1. The Morgan fingerprint density at radius 3 is 2.94 bits per heavy atom. The lowest BCUT2D eigenvalue weighted by atomic mass is 9.98. The number of thiazole rings is 1. The van der Waals surface area contributed by atoms with Crippen LogP contribution in [0.25, 0.3) is 0 Å². The van der Waals surface area contributed by atoms with Crippen molar-refractivity contribution in [3.8, 4) is 0 Å². The van der Waals surface area contributed by atoms with Gasteiger partial charge in [0.1, 0.15) is 0 Å². The van der Waals surface area contributed by atoms with Gasteiger partial charge in [-0.3, -0.25) is 4.79 Å². The summed E-state index contributed by atoms with van der Waals surface area (Å²) in [5, 5.41) is 3.15. The van der Waals surface area contributed by atoms with Crippen LogP contribution in [0.4, 0.5) is 0 Å². The summed E-state index contributed by atoms with van der Waals surface area (Å²) in [6.45, 7) is 2.13. The minimum absolute atomic E-state index is 0. The van der Waals surface area contributed by atoms with E-state index in [0.717, 1.165) is 30.9 Å². The number of hydrogen-bond acceptors (Lipinski definition) is 4. The molecule has 1 fully saturated rings. The van der Waals surface area contributed by atoms with Gasteiger partial charge in [-0.15, -0.1) is 36.2 Å². The van der Waals surface area contributed by atoms with Crippen LogP contribution in [0.2, 0.25) is 0 Å². The van der Waals surface area contributed by atoms with Crippen molar-refractivity contribution in [2.24, 2.45) is 5.73 Å². The van der Waals surface area contributed by atoms with Gasteiger partial charge >= 0.3 is 0 Å². The van der Waals surface area contributed by atoms with E-state index in [1.54, 1.807) is 11.3 Å². The fourth-order valence-electron chi connectivity index (χ4n) is 2.12. The van der Waals surface area contributed by atoms with E-state index in [1.807, 2.05) is 16.5 Å². The normalized spacial score (nSPS) is 18.7. The molecule has 0 aromatic carbocycles. The van der Waals surface area contributed by atoms with Crippen molar-refractivity contribution < 1.29 is 4.79 Å². The van der Waals surface area contributed by atoms with Gasteiger partial charge in [-0.1, -0.05) is 0 Å². The number of nitrogens with zero attached hydrogens (tertiary/aromatic N) is 2. The van der Waals surface area contributed by atoms with Crippen LogP contribution >= 0.6 is 36.2 Å². The molecule has 0 spiro atoms. The van der Waals surface area contributed by atoms with Crippen LogP contribution in [-0.2, 0) is 4.79 Å². The highest BCUT2D eigenvalue weighted by molar-refractivity contribution is 7.09. The van der Waals surface area contributed by atoms with E-state index in [-0.39, 0.29) is 30.7 Å². The molecule has 2 rings (SSSR count). The molecule has 1 unspecified atom stereocenters. The second-order valence-corrected chi connectivity index (χ2v) is 5.01. The molecule has 1 aliphatic heterocycles. The Kier molecular flexibility index (Phi) is 8.52. The van der Waals surface area contributed by atoms with E-state index in [0.29, 0.717) is 18.9 Å². The molecule has 1 aromatic heterocycles. The van der Waals surface area contributed by atoms with Gasteiger partial charge in [0.25, 0.3) is 0 Å². The Morgan fingerprint density at radius 2 is 2.33 bits per heavy atom. The maximum absolute atomic E-state index is 11.7. The fourth-order valence-corrected chi connectivity index (χ4v) is 2.89. The molecule has 4 nitrogen and oxygen atoms in total. The highest BCUT2D eigenvalue weighted by atomic mass is 35.5. The van der Waals surface area contributed by atoms with E-state index in [2.05, 4.69) is 4.98 Å². The molecule has 1 aliphatic rings. The maximum atomic E-state index is 11.7. The number of carbonyl (C=O) groups excluding carboxylic acids is 1. The monoisotopic (exact) mass is 311 g/mol. The Labute approximate surface area is 124 Å². The van der Waals surface area contributed by atoms with Crippen LogP contribution in [-0.4, -0.2) is 35.4 Å². The van der Waals surface area contributed by atoms with E-state index in [9.17, 15) is 4.79 Å². The lowest BCUT2D eigenvalue weighted by Gasteiger charge is -2.31. The van der Waals surface area contributed by atoms with Crippen LogP contribution in [0.1, 0.15) is 30.2 Å². The Morgan fingerprint density at radius 1 is 1.56 bits per heavy atom. The molecule has 18 heavy (non-hydrogen) atoms. The Hall–Kier alpha value is -0.360. The molecule has 0 aliphatic carbocycles. The number of likely N-dealkylation sites (tertiary alicyclic amines) is 1. The number of hydrogen-bond donors (Lipinski definition) is 1. The summed E-state index contributed by atoms with van der Waals surface area (Å²) >= 11 is 1.68. The fraction of sp³-hybridized carbons (Fsp3) is 0.636. The second-order valence-electron chi connectivity index (χ2n) is 4.09. The summed E-state index contributed by atoms with van der Waals surface area (Å²) in [4.78, 5) is 18.0. The molecule has 1 saturated heterocycles. The van der Waals surface area contributed by atoms with Crippen molar-refractivity contribution in [2.45, 2.75) is 25.2 Å². The summed E-state index contributed by atoms with van der Waals surface area (Å²) in [5.74, 6) is 0.610. The van der Waals surface area contributed by atoms with Crippen molar-refractivity contribution in [1.82, 2.24) is 9.88 Å². The smallest absolute Gasteiger partial charge is 0.223 e. The van der Waals surface area contributed by atoms with Gasteiger partial charge in [-0.25, -0.2) is 4.98 Å². The number of halogens is 2. The molecule has 1 amide bonds. The number of aromatic nitrogens is 1. The summed E-state index contributed by atoms with van der Waals surface area (Å²) in [6, 6.07) is 0. The van der Waals surface area contributed by atoms with Gasteiger partial charge in [0.15, 0.2) is 0 Å². The van der Waals surface area contributed by atoms with Gasteiger partial charge in [0, 0.05) is 43.5 Å². The number of piperidine rings is 1. The number of amides is 1. The Balaban J connectivity index is 0.00000144. The van der Waals surface area contributed by atoms with Gasteiger partial charge in [0.05, 0.1) is 5.01 Å². The van der Waals surface area contributed by atoms with Crippen molar-refractivity contribution in [1.29, 1.82) is 0 Å². The van der Waals surface area contributed by atoms with Crippen LogP contribution < -0.4 is 5.73 Å². The van der Waals surface area contributed by atoms with Crippen molar-refractivity contribution in [3.05, 3.63) is 16.6 Å². The van der Waals surface area contributed by atoms with Crippen molar-refractivity contribution in [2.75, 3.05) is 19.6 Å². The molecular weight excluding hydrogens is 293 g/mol. The summed E-state index contributed by atoms with van der Waals surface area (Å²) in [7, 11) is 0. The molecule has 2 heterocycles. The zero-order valence-electron chi connectivity index (χ0n) is 10.1. The van der Waals surface area contributed by atoms with Crippen LogP contribution in [0, 0.1) is 0 Å². The second kappa shape index (κ2) is 8.69. The number of nitrogens with two attached hydrogens (primary N) is 1. The minimum Gasteiger partial charge on any atom is -0.342 e. The first-order valence-corrected chi connectivity index (χ1v) is 6.56. The average Bonchev–Trinajstić information content (AvgIpc) is 2.83. The van der Waals surface area contributed by atoms with E-state index in [1.165, 1.54) is 0 Å². The first-order valence-electron chi connectivity index (χ1n) is 5.68. The molecule has 104 valence electrons. The molecular formula is C11H19Cl2N3OS. The van der Waals surface area contributed by atoms with Crippen LogP contribution in [0.5, 0.6) is 0 Å².